The van der Waals surface area contributed by atoms with E-state index in [1.54, 1.807) is 10.8 Å². The Morgan fingerprint density at radius 1 is 1.32 bits per heavy atom. The van der Waals surface area contributed by atoms with E-state index in [1.165, 1.54) is 11.6 Å². The van der Waals surface area contributed by atoms with Crippen LogP contribution in [0.5, 0.6) is 0 Å². The molecule has 0 unspecified atom stereocenters. The standard InChI is InChI=1S/C15H17F3N6O2S2/c1-2-7-24-8-3-4-10-12(24)6-5-11(20-22-14-21-19-9-27-14)13(10)23-28(25,26)15(16,17)18/h5-6,9,23H,2-4,7-8H2,1H3. The highest BCUT2D eigenvalue weighted by Crippen LogP contribution is 2.41. The highest BCUT2D eigenvalue weighted by atomic mass is 32.2. The molecule has 0 bridgehead atoms. The summed E-state index contributed by atoms with van der Waals surface area (Å²) in [5.41, 5.74) is -3.06. The fraction of sp³-hybridized carbons (Fsp3) is 0.467. The van der Waals surface area contributed by atoms with Gasteiger partial charge in [0.2, 0.25) is 0 Å². The van der Waals surface area contributed by atoms with E-state index >= 15 is 0 Å². The maximum absolute atomic E-state index is 13.0. The largest absolute Gasteiger partial charge is 0.516 e. The van der Waals surface area contributed by atoms with Gasteiger partial charge in [0, 0.05) is 24.3 Å². The Hall–Kier alpha value is -2.28. The number of aromatic nitrogens is 2. The molecule has 13 heteroatoms. The van der Waals surface area contributed by atoms with Crippen molar-refractivity contribution in [1.29, 1.82) is 0 Å². The molecule has 1 aliphatic heterocycles. The molecule has 0 aliphatic carbocycles. The smallest absolute Gasteiger partial charge is 0.371 e. The molecule has 0 spiro atoms. The quantitative estimate of drug-likeness (QED) is 0.680. The van der Waals surface area contributed by atoms with Crippen LogP contribution in [0.25, 0.3) is 0 Å². The topological polar surface area (TPSA) is 99.9 Å². The van der Waals surface area contributed by atoms with E-state index in [9.17, 15) is 21.6 Å². The second-order valence-corrected chi connectivity index (χ2v) is 8.51. The van der Waals surface area contributed by atoms with Crippen molar-refractivity contribution in [3.8, 4) is 0 Å². The van der Waals surface area contributed by atoms with Crippen molar-refractivity contribution in [3.05, 3.63) is 23.2 Å². The van der Waals surface area contributed by atoms with Gasteiger partial charge in [-0.1, -0.05) is 18.3 Å². The Morgan fingerprint density at radius 2 is 2.11 bits per heavy atom. The van der Waals surface area contributed by atoms with Crippen LogP contribution in [-0.4, -0.2) is 37.2 Å². The molecule has 1 N–H and O–H groups in total. The van der Waals surface area contributed by atoms with Gasteiger partial charge in [-0.25, -0.2) is 0 Å². The monoisotopic (exact) mass is 434 g/mol. The van der Waals surface area contributed by atoms with E-state index in [0.29, 0.717) is 30.6 Å². The molecule has 2 heterocycles. The summed E-state index contributed by atoms with van der Waals surface area (Å²) in [5.74, 6) is 0. The summed E-state index contributed by atoms with van der Waals surface area (Å²) in [5, 5.41) is 15.2. The molecule has 0 radical (unpaired) electrons. The zero-order valence-corrected chi connectivity index (χ0v) is 16.4. The normalized spacial score (nSPS) is 15.1. The zero-order valence-electron chi connectivity index (χ0n) is 14.8. The number of nitrogens with zero attached hydrogens (tertiary/aromatic N) is 5. The molecule has 8 nitrogen and oxygen atoms in total. The van der Waals surface area contributed by atoms with E-state index in [0.717, 1.165) is 24.3 Å². The minimum Gasteiger partial charge on any atom is -0.371 e. The third kappa shape index (κ3) is 4.24. The molecule has 2 aromatic rings. The third-order valence-corrected chi connectivity index (χ3v) is 5.74. The zero-order chi connectivity index (χ0) is 20.4. The van der Waals surface area contributed by atoms with Crippen LogP contribution in [0.15, 0.2) is 27.9 Å². The first-order chi connectivity index (χ1) is 13.2. The van der Waals surface area contributed by atoms with Gasteiger partial charge in [-0.15, -0.1) is 20.4 Å². The summed E-state index contributed by atoms with van der Waals surface area (Å²) < 4.78 is 64.1. The molecule has 1 aromatic heterocycles. The Kier molecular flexibility index (Phi) is 5.84. The predicted molar refractivity (Wildman–Crippen MR) is 99.9 cm³/mol. The van der Waals surface area contributed by atoms with Gasteiger partial charge in [-0.3, -0.25) is 4.72 Å². The Bertz CT molecular complexity index is 961. The molecular weight excluding hydrogens is 417 g/mol. The number of azo groups is 1. The number of benzene rings is 1. The van der Waals surface area contributed by atoms with Crippen molar-refractivity contribution < 1.29 is 21.6 Å². The van der Waals surface area contributed by atoms with Crippen LogP contribution < -0.4 is 9.62 Å². The van der Waals surface area contributed by atoms with Crippen LogP contribution in [0, 0.1) is 0 Å². The summed E-state index contributed by atoms with van der Waals surface area (Å²) in [6, 6.07) is 3.18. The molecule has 0 saturated heterocycles. The number of anilines is 2. The Morgan fingerprint density at radius 3 is 2.75 bits per heavy atom. The van der Waals surface area contributed by atoms with Gasteiger partial charge in [0.1, 0.15) is 11.2 Å². The average Bonchev–Trinajstić information content (AvgIpc) is 3.14. The van der Waals surface area contributed by atoms with Crippen LogP contribution in [0.1, 0.15) is 25.3 Å². The number of hydrogen-bond donors (Lipinski definition) is 1. The molecular formula is C15H17F3N6O2S2. The number of halogens is 3. The Labute approximate surface area is 163 Å². The van der Waals surface area contributed by atoms with Crippen molar-refractivity contribution in [2.75, 3.05) is 22.7 Å². The highest BCUT2D eigenvalue weighted by molar-refractivity contribution is 7.93. The summed E-state index contributed by atoms with van der Waals surface area (Å²) >= 11 is 1.09. The fourth-order valence-corrected chi connectivity index (χ4v) is 3.92. The molecule has 0 fully saturated rings. The van der Waals surface area contributed by atoms with Gasteiger partial charge in [-0.2, -0.15) is 21.6 Å². The van der Waals surface area contributed by atoms with Crippen LogP contribution in [0.2, 0.25) is 0 Å². The van der Waals surface area contributed by atoms with E-state index < -0.39 is 15.5 Å². The van der Waals surface area contributed by atoms with Crippen molar-refractivity contribution in [3.63, 3.8) is 0 Å². The molecule has 0 amide bonds. The van der Waals surface area contributed by atoms with Crippen molar-refractivity contribution in [1.82, 2.24) is 10.2 Å². The molecule has 1 aromatic carbocycles. The summed E-state index contributed by atoms with van der Waals surface area (Å²) in [6.07, 6.45) is 1.96. The lowest BCUT2D eigenvalue weighted by molar-refractivity contribution is -0.0429. The van der Waals surface area contributed by atoms with Gasteiger partial charge < -0.3 is 4.90 Å². The maximum Gasteiger partial charge on any atom is 0.516 e. The lowest BCUT2D eigenvalue weighted by atomic mass is 9.98. The van der Waals surface area contributed by atoms with E-state index in [1.807, 2.05) is 11.8 Å². The van der Waals surface area contributed by atoms with Crippen molar-refractivity contribution in [2.24, 2.45) is 10.2 Å². The Balaban J connectivity index is 2.09. The molecule has 3 rings (SSSR count). The minimum atomic E-state index is -5.60. The lowest BCUT2D eigenvalue weighted by Gasteiger charge is -2.32. The van der Waals surface area contributed by atoms with Gasteiger partial charge >= 0.3 is 15.5 Å². The molecule has 152 valence electrons. The molecule has 0 saturated carbocycles. The summed E-state index contributed by atoms with van der Waals surface area (Å²) in [7, 11) is -5.60. The number of alkyl halides is 3. The molecule has 0 atom stereocenters. The van der Waals surface area contributed by atoms with Crippen LogP contribution >= 0.6 is 11.3 Å². The van der Waals surface area contributed by atoms with E-state index in [2.05, 4.69) is 20.4 Å². The SMILES string of the molecule is CCCN1CCCc2c1ccc(N=Nc1nncs1)c2NS(=O)(=O)C(F)(F)F. The number of rotatable bonds is 6. The summed E-state index contributed by atoms with van der Waals surface area (Å²) in [4.78, 5) is 2.02. The minimum absolute atomic E-state index is 0.0138. The number of hydrogen-bond acceptors (Lipinski definition) is 8. The second kappa shape index (κ2) is 7.99. The number of fused-ring (bicyclic) bond motifs is 1. The van der Waals surface area contributed by atoms with Crippen molar-refractivity contribution in [2.45, 2.75) is 31.7 Å². The third-order valence-electron chi connectivity index (χ3n) is 4.09. The molecule has 1 aliphatic rings. The highest BCUT2D eigenvalue weighted by Gasteiger charge is 2.46. The second-order valence-electron chi connectivity index (χ2n) is 6.02. The van der Waals surface area contributed by atoms with Crippen molar-refractivity contribution >= 4 is 43.6 Å². The summed E-state index contributed by atoms with van der Waals surface area (Å²) in [6.45, 7) is 3.45. The van der Waals surface area contributed by atoms with Crippen LogP contribution in [0.3, 0.4) is 0 Å². The van der Waals surface area contributed by atoms with Crippen LogP contribution in [0.4, 0.5) is 35.4 Å². The van der Waals surface area contributed by atoms with Gasteiger partial charge in [0.25, 0.3) is 5.13 Å². The first-order valence-corrected chi connectivity index (χ1v) is 10.8. The fourth-order valence-electron chi connectivity index (χ4n) is 2.94. The van der Waals surface area contributed by atoms with E-state index in [-0.39, 0.29) is 16.5 Å². The van der Waals surface area contributed by atoms with E-state index in [4.69, 9.17) is 0 Å². The predicted octanol–water partition coefficient (Wildman–Crippen LogP) is 4.38. The maximum atomic E-state index is 13.0. The molecule has 28 heavy (non-hydrogen) atoms. The van der Waals surface area contributed by atoms with Crippen LogP contribution in [-0.2, 0) is 16.4 Å². The number of nitrogens with one attached hydrogen (secondary N) is 1. The first-order valence-electron chi connectivity index (χ1n) is 8.40. The van der Waals surface area contributed by atoms with Gasteiger partial charge in [0.15, 0.2) is 0 Å². The first kappa shape index (κ1) is 20.5. The number of sulfonamides is 1. The average molecular weight is 434 g/mol. The lowest BCUT2D eigenvalue weighted by Crippen LogP contribution is -2.33. The van der Waals surface area contributed by atoms with Gasteiger partial charge in [0.05, 0.1) is 5.69 Å². The van der Waals surface area contributed by atoms with Gasteiger partial charge in [-0.05, 0) is 31.4 Å².